The van der Waals surface area contributed by atoms with E-state index >= 15 is 0 Å². The summed E-state index contributed by atoms with van der Waals surface area (Å²) in [4.78, 5) is 17.0. The van der Waals surface area contributed by atoms with Gasteiger partial charge >= 0.3 is 0 Å². The highest BCUT2D eigenvalue weighted by atomic mass is 16.5. The molecular formula is C18H24N4O4. The van der Waals surface area contributed by atoms with E-state index in [0.29, 0.717) is 41.9 Å². The van der Waals surface area contributed by atoms with E-state index in [9.17, 15) is 4.79 Å². The summed E-state index contributed by atoms with van der Waals surface area (Å²) >= 11 is 0. The highest BCUT2D eigenvalue weighted by Gasteiger charge is 2.23. The number of methoxy groups -OCH3 is 2. The van der Waals surface area contributed by atoms with Gasteiger partial charge in [0.25, 0.3) is 5.91 Å². The SMILES string of the molecule is COc1cc(OC)cc(C(=O)N2CCN(CCc3nnc(C)o3)CC2)c1. The van der Waals surface area contributed by atoms with Gasteiger partial charge in [-0.05, 0) is 12.1 Å². The number of carbonyl (C=O) groups is 1. The molecule has 0 unspecified atom stereocenters. The van der Waals surface area contributed by atoms with Crippen LogP contribution in [-0.2, 0) is 6.42 Å². The second-order valence-electron chi connectivity index (χ2n) is 6.20. The highest BCUT2D eigenvalue weighted by molar-refractivity contribution is 5.95. The van der Waals surface area contributed by atoms with Crippen molar-refractivity contribution in [1.82, 2.24) is 20.0 Å². The predicted molar refractivity (Wildman–Crippen MR) is 94.6 cm³/mol. The molecular weight excluding hydrogens is 336 g/mol. The molecule has 0 spiro atoms. The lowest BCUT2D eigenvalue weighted by Gasteiger charge is -2.34. The fourth-order valence-corrected chi connectivity index (χ4v) is 2.98. The van der Waals surface area contributed by atoms with Crippen molar-refractivity contribution in [2.24, 2.45) is 0 Å². The Kier molecular flexibility index (Phi) is 5.72. The van der Waals surface area contributed by atoms with Crippen molar-refractivity contribution in [2.45, 2.75) is 13.3 Å². The summed E-state index contributed by atoms with van der Waals surface area (Å²) in [7, 11) is 3.15. The molecule has 2 aromatic rings. The van der Waals surface area contributed by atoms with E-state index in [0.717, 1.165) is 26.1 Å². The Bertz CT molecular complexity index is 731. The minimum absolute atomic E-state index is 0.00521. The van der Waals surface area contributed by atoms with Crippen LogP contribution in [-0.4, -0.2) is 72.8 Å². The molecule has 1 aromatic carbocycles. The van der Waals surface area contributed by atoms with Gasteiger partial charge in [0.1, 0.15) is 11.5 Å². The summed E-state index contributed by atoms with van der Waals surface area (Å²) in [5.74, 6) is 2.46. The molecule has 1 saturated heterocycles. The van der Waals surface area contributed by atoms with Crippen molar-refractivity contribution >= 4 is 5.91 Å². The third kappa shape index (κ3) is 4.32. The van der Waals surface area contributed by atoms with E-state index < -0.39 is 0 Å². The molecule has 3 rings (SSSR count). The molecule has 1 fully saturated rings. The summed E-state index contributed by atoms with van der Waals surface area (Å²) in [6, 6.07) is 5.25. The second-order valence-corrected chi connectivity index (χ2v) is 6.20. The smallest absolute Gasteiger partial charge is 0.254 e. The maximum atomic E-state index is 12.8. The highest BCUT2D eigenvalue weighted by Crippen LogP contribution is 2.23. The Labute approximate surface area is 152 Å². The Morgan fingerprint density at radius 3 is 2.27 bits per heavy atom. The van der Waals surface area contributed by atoms with E-state index in [2.05, 4.69) is 15.1 Å². The van der Waals surface area contributed by atoms with E-state index in [-0.39, 0.29) is 5.91 Å². The second kappa shape index (κ2) is 8.18. The van der Waals surface area contributed by atoms with Crippen molar-refractivity contribution < 1.29 is 18.7 Å². The average Bonchev–Trinajstić information content (AvgIpc) is 3.11. The van der Waals surface area contributed by atoms with Crippen molar-refractivity contribution in [2.75, 3.05) is 46.9 Å². The van der Waals surface area contributed by atoms with Crippen LogP contribution in [0, 0.1) is 6.92 Å². The molecule has 1 aliphatic heterocycles. The average molecular weight is 360 g/mol. The first-order valence-corrected chi connectivity index (χ1v) is 8.62. The zero-order valence-electron chi connectivity index (χ0n) is 15.4. The van der Waals surface area contributed by atoms with Crippen LogP contribution >= 0.6 is 0 Å². The first-order chi connectivity index (χ1) is 12.6. The fourth-order valence-electron chi connectivity index (χ4n) is 2.98. The molecule has 0 saturated carbocycles. The lowest BCUT2D eigenvalue weighted by atomic mass is 10.1. The topological polar surface area (TPSA) is 80.9 Å². The van der Waals surface area contributed by atoms with Crippen LogP contribution in [0.3, 0.4) is 0 Å². The quantitative estimate of drug-likeness (QED) is 0.770. The number of benzene rings is 1. The molecule has 0 N–H and O–H groups in total. The Morgan fingerprint density at radius 2 is 1.73 bits per heavy atom. The molecule has 1 amide bonds. The van der Waals surface area contributed by atoms with Gasteiger partial charge in [0, 0.05) is 57.7 Å². The number of piperazine rings is 1. The lowest BCUT2D eigenvalue weighted by molar-refractivity contribution is 0.0635. The van der Waals surface area contributed by atoms with Crippen LogP contribution in [0.5, 0.6) is 11.5 Å². The number of nitrogens with zero attached hydrogens (tertiary/aromatic N) is 4. The number of aryl methyl sites for hydroxylation is 1. The summed E-state index contributed by atoms with van der Waals surface area (Å²) in [5.41, 5.74) is 0.580. The van der Waals surface area contributed by atoms with Crippen molar-refractivity contribution in [3.05, 3.63) is 35.5 Å². The first-order valence-electron chi connectivity index (χ1n) is 8.62. The van der Waals surface area contributed by atoms with Crippen molar-refractivity contribution in [1.29, 1.82) is 0 Å². The molecule has 8 nitrogen and oxygen atoms in total. The van der Waals surface area contributed by atoms with E-state index in [1.165, 1.54) is 0 Å². The normalized spacial score (nSPS) is 15.1. The minimum atomic E-state index is -0.00521. The number of hydrogen-bond donors (Lipinski definition) is 0. The molecule has 0 radical (unpaired) electrons. The summed E-state index contributed by atoms with van der Waals surface area (Å²) in [6.45, 7) is 5.63. The van der Waals surface area contributed by atoms with Crippen LogP contribution in [0.4, 0.5) is 0 Å². The van der Waals surface area contributed by atoms with E-state index in [4.69, 9.17) is 13.9 Å². The largest absolute Gasteiger partial charge is 0.497 e. The number of ether oxygens (including phenoxy) is 2. The van der Waals surface area contributed by atoms with Gasteiger partial charge < -0.3 is 18.8 Å². The molecule has 1 aliphatic rings. The summed E-state index contributed by atoms with van der Waals surface area (Å²) in [6.07, 6.45) is 0.724. The third-order valence-corrected chi connectivity index (χ3v) is 4.47. The number of aromatic nitrogens is 2. The maximum Gasteiger partial charge on any atom is 0.254 e. The molecule has 2 heterocycles. The van der Waals surface area contributed by atoms with Crippen LogP contribution in [0.2, 0.25) is 0 Å². The van der Waals surface area contributed by atoms with Gasteiger partial charge in [0.2, 0.25) is 11.8 Å². The number of rotatable bonds is 6. The third-order valence-electron chi connectivity index (χ3n) is 4.47. The standard InChI is InChI=1S/C18H24N4O4/c1-13-19-20-17(26-13)4-5-21-6-8-22(9-7-21)18(23)14-10-15(24-2)12-16(11-14)25-3/h10-12H,4-9H2,1-3H3. The zero-order valence-corrected chi connectivity index (χ0v) is 15.4. The van der Waals surface area contributed by atoms with Crippen LogP contribution in [0.15, 0.2) is 22.6 Å². The maximum absolute atomic E-state index is 12.8. The molecule has 26 heavy (non-hydrogen) atoms. The van der Waals surface area contributed by atoms with Gasteiger partial charge in [-0.25, -0.2) is 0 Å². The van der Waals surface area contributed by atoms with Gasteiger partial charge in [-0.2, -0.15) is 0 Å². The van der Waals surface area contributed by atoms with Gasteiger partial charge in [0.15, 0.2) is 0 Å². The Morgan fingerprint density at radius 1 is 1.08 bits per heavy atom. The molecule has 0 atom stereocenters. The first kappa shape index (κ1) is 18.2. The number of amides is 1. The Balaban J connectivity index is 1.55. The van der Waals surface area contributed by atoms with Crippen LogP contribution in [0.1, 0.15) is 22.1 Å². The van der Waals surface area contributed by atoms with Gasteiger partial charge in [-0.3, -0.25) is 9.69 Å². The van der Waals surface area contributed by atoms with Gasteiger partial charge in [-0.1, -0.05) is 0 Å². The van der Waals surface area contributed by atoms with Gasteiger partial charge in [-0.15, -0.1) is 10.2 Å². The van der Waals surface area contributed by atoms with E-state index in [1.807, 2.05) is 4.90 Å². The van der Waals surface area contributed by atoms with Crippen LogP contribution in [0.25, 0.3) is 0 Å². The Hall–Kier alpha value is -2.61. The van der Waals surface area contributed by atoms with E-state index in [1.54, 1.807) is 39.3 Å². The molecule has 8 heteroatoms. The number of carbonyl (C=O) groups excluding carboxylic acids is 1. The lowest BCUT2D eigenvalue weighted by Crippen LogP contribution is -2.49. The predicted octanol–water partition coefficient (Wildman–Crippen LogP) is 1.40. The molecule has 140 valence electrons. The molecule has 0 aliphatic carbocycles. The van der Waals surface area contributed by atoms with Crippen LogP contribution < -0.4 is 9.47 Å². The monoisotopic (exact) mass is 360 g/mol. The molecule has 1 aromatic heterocycles. The van der Waals surface area contributed by atoms with Crippen molar-refractivity contribution in [3.8, 4) is 11.5 Å². The van der Waals surface area contributed by atoms with Gasteiger partial charge in [0.05, 0.1) is 14.2 Å². The number of hydrogen-bond acceptors (Lipinski definition) is 7. The minimum Gasteiger partial charge on any atom is -0.497 e. The summed E-state index contributed by atoms with van der Waals surface area (Å²) in [5, 5.41) is 7.85. The van der Waals surface area contributed by atoms with Crippen molar-refractivity contribution in [3.63, 3.8) is 0 Å². The zero-order chi connectivity index (χ0) is 18.5. The fraction of sp³-hybridized carbons (Fsp3) is 0.500. The summed E-state index contributed by atoms with van der Waals surface area (Å²) < 4.78 is 15.9. The molecule has 0 bridgehead atoms.